The summed E-state index contributed by atoms with van der Waals surface area (Å²) < 4.78 is 51.7. The Morgan fingerprint density at radius 1 is 0.582 bits per heavy atom. The van der Waals surface area contributed by atoms with Gasteiger partial charge >= 0.3 is 0 Å². The number of amides is 2. The smallest absolute Gasteiger partial charge is 0.265 e. The number of alkyl halides is 4. The van der Waals surface area contributed by atoms with Gasteiger partial charge in [0, 0.05) is 48.7 Å². The van der Waals surface area contributed by atoms with Crippen molar-refractivity contribution in [2.45, 2.75) is 56.5 Å². The molecule has 290 valence electrons. The van der Waals surface area contributed by atoms with Crippen molar-refractivity contribution in [1.29, 1.82) is 0 Å². The Kier molecular flexibility index (Phi) is 11.4. The van der Waals surface area contributed by atoms with Crippen LogP contribution in [0.3, 0.4) is 0 Å². The predicted octanol–water partition coefficient (Wildman–Crippen LogP) is 7.75. The molecule has 4 aliphatic heterocycles. The Morgan fingerprint density at radius 2 is 1.00 bits per heavy atom. The zero-order valence-electron chi connectivity index (χ0n) is 29.4. The van der Waals surface area contributed by atoms with Crippen molar-refractivity contribution in [3.05, 3.63) is 119 Å². The Bertz CT molecular complexity index is 2310. The highest BCUT2D eigenvalue weighted by atomic mass is 35.5. The number of rotatable bonds is 7. The molecule has 0 unspecified atom stereocenters. The van der Waals surface area contributed by atoms with E-state index < -0.39 is 40.5 Å². The highest BCUT2D eigenvalue weighted by molar-refractivity contribution is 7.89. The summed E-state index contributed by atoms with van der Waals surface area (Å²) in [6, 6.07) is 29.2. The van der Waals surface area contributed by atoms with Crippen LogP contribution in [0.5, 0.6) is 0 Å². The number of fused-ring (bicyclic) bond motifs is 2. The molecule has 4 aromatic rings. The number of carbonyl (C=O) groups is 2. The van der Waals surface area contributed by atoms with E-state index in [4.69, 9.17) is 46.4 Å². The number of hydrogen-bond donors (Lipinski definition) is 2. The lowest BCUT2D eigenvalue weighted by Gasteiger charge is -2.31. The summed E-state index contributed by atoms with van der Waals surface area (Å²) >= 11 is 24.4. The molecule has 2 N–H and O–H groups in total. The van der Waals surface area contributed by atoms with Crippen LogP contribution in [0.2, 0.25) is 0 Å². The lowest BCUT2D eigenvalue weighted by atomic mass is 9.90. The first-order chi connectivity index (χ1) is 26.1. The van der Waals surface area contributed by atoms with Gasteiger partial charge in [0.1, 0.15) is 0 Å². The minimum Gasteiger partial charge on any atom is -0.323 e. The van der Waals surface area contributed by atoms with Gasteiger partial charge in [0.2, 0.25) is 28.7 Å². The third-order valence-corrected chi connectivity index (χ3v) is 16.0. The van der Waals surface area contributed by atoms with Crippen LogP contribution < -0.4 is 10.6 Å². The quantitative estimate of drug-likeness (QED) is 0.183. The second-order valence-corrected chi connectivity index (χ2v) is 20.6. The van der Waals surface area contributed by atoms with E-state index in [-0.39, 0.29) is 20.9 Å². The van der Waals surface area contributed by atoms with E-state index in [2.05, 4.69) is 34.9 Å². The maximum Gasteiger partial charge on any atom is 0.265 e. The Labute approximate surface area is 341 Å². The number of carbonyl (C=O) groups excluding carboxylic acids is 2. The van der Waals surface area contributed by atoms with Crippen LogP contribution in [0.25, 0.3) is 0 Å². The summed E-state index contributed by atoms with van der Waals surface area (Å²) in [5.41, 5.74) is 3.95. The van der Waals surface area contributed by atoms with Crippen molar-refractivity contribution in [3.63, 3.8) is 0 Å². The molecule has 10 nitrogen and oxygen atoms in total. The van der Waals surface area contributed by atoms with Crippen LogP contribution in [-0.2, 0) is 44.7 Å². The lowest BCUT2D eigenvalue weighted by molar-refractivity contribution is -0.117. The second kappa shape index (κ2) is 15.6. The van der Waals surface area contributed by atoms with Gasteiger partial charge in [-0.2, -0.15) is 8.61 Å². The topological polar surface area (TPSA) is 133 Å². The first-order valence-corrected chi connectivity index (χ1v) is 22.2. The van der Waals surface area contributed by atoms with Gasteiger partial charge in [0.05, 0.1) is 9.79 Å². The van der Waals surface area contributed by atoms with Crippen LogP contribution in [-0.4, -0.2) is 63.4 Å². The van der Waals surface area contributed by atoms with Gasteiger partial charge in [0.15, 0.2) is 0 Å². The number of nitrogens with one attached hydrogen (secondary N) is 2. The molecule has 2 saturated heterocycles. The average Bonchev–Trinajstić information content (AvgIpc) is 3.56. The summed E-state index contributed by atoms with van der Waals surface area (Å²) in [6.45, 7) is 1.84. The SMILES string of the molecule is O=C1Nc2ccc(S(=O)(=O)N3CCC(Cc4ccccc4)CC3)cc2C1(Cl)Cl.O=C1Nc2ccc(S(=O)(=O)N3CCC(c4ccccc4)CC3)cc2C1(Cl)Cl. The van der Waals surface area contributed by atoms with Gasteiger partial charge in [-0.25, -0.2) is 16.8 Å². The number of anilines is 2. The molecule has 4 aliphatic rings. The fourth-order valence-electron chi connectivity index (χ4n) is 7.51. The summed E-state index contributed by atoms with van der Waals surface area (Å²) in [6.07, 6.45) is 4.12. The van der Waals surface area contributed by atoms with Crippen LogP contribution in [0.15, 0.2) is 107 Å². The fraction of sp³-hybridized carbons (Fsp3) is 0.333. The van der Waals surface area contributed by atoms with Gasteiger partial charge in [-0.3, -0.25) is 9.59 Å². The molecule has 8 rings (SSSR count). The number of halogens is 4. The zero-order valence-corrected chi connectivity index (χ0v) is 34.1. The largest absolute Gasteiger partial charge is 0.323 e. The van der Waals surface area contributed by atoms with Gasteiger partial charge in [-0.05, 0) is 91.5 Å². The first-order valence-electron chi connectivity index (χ1n) is 17.9. The Balaban J connectivity index is 0.000000169. The number of benzene rings is 4. The molecule has 0 spiro atoms. The third kappa shape index (κ3) is 8.02. The highest BCUT2D eigenvalue weighted by Gasteiger charge is 2.46. The number of nitrogens with zero attached hydrogens (tertiary/aromatic N) is 2. The van der Waals surface area contributed by atoms with E-state index in [0.717, 1.165) is 32.1 Å². The maximum atomic E-state index is 13.1. The normalized spacial score (nSPS) is 20.1. The minimum atomic E-state index is -3.68. The maximum absolute atomic E-state index is 13.1. The van der Waals surface area contributed by atoms with Crippen molar-refractivity contribution < 1.29 is 26.4 Å². The van der Waals surface area contributed by atoms with E-state index in [1.807, 2.05) is 36.4 Å². The number of sulfonamides is 2. The van der Waals surface area contributed by atoms with Gasteiger partial charge < -0.3 is 10.6 Å². The second-order valence-electron chi connectivity index (χ2n) is 14.1. The van der Waals surface area contributed by atoms with Gasteiger partial charge in [0.25, 0.3) is 11.8 Å². The molecular formula is C39H38Cl4N4O6S2. The Morgan fingerprint density at radius 3 is 1.45 bits per heavy atom. The number of piperidine rings is 2. The van der Waals surface area contributed by atoms with Crippen molar-refractivity contribution in [1.82, 2.24) is 8.61 Å². The third-order valence-electron chi connectivity index (χ3n) is 10.7. The molecule has 2 fully saturated rings. The molecule has 0 atom stereocenters. The van der Waals surface area contributed by atoms with E-state index in [9.17, 15) is 26.4 Å². The van der Waals surface area contributed by atoms with E-state index >= 15 is 0 Å². The molecule has 55 heavy (non-hydrogen) atoms. The summed E-state index contributed by atoms with van der Waals surface area (Å²) in [5, 5.41) is 5.12. The van der Waals surface area contributed by atoms with E-state index in [1.165, 1.54) is 56.1 Å². The average molecular weight is 865 g/mol. The van der Waals surface area contributed by atoms with Crippen LogP contribution in [0.4, 0.5) is 11.4 Å². The highest BCUT2D eigenvalue weighted by Crippen LogP contribution is 2.47. The lowest BCUT2D eigenvalue weighted by Crippen LogP contribution is -2.38. The molecule has 16 heteroatoms. The first kappa shape index (κ1) is 40.0. The van der Waals surface area contributed by atoms with Crippen LogP contribution >= 0.6 is 46.4 Å². The standard InChI is InChI=1S/C20H20Cl2N2O3S.C19H18Cl2N2O3S/c21-20(22)17-13-16(6-7-18(17)23-19(20)25)28(26,27)24-10-8-15(9-11-24)12-14-4-2-1-3-5-14;20-19(21)16-12-15(6-7-17(16)22-18(19)24)27(25,26)23-10-8-14(9-11-23)13-4-2-1-3-5-13/h1-7,13,15H,8-12H2,(H,23,25);1-7,12,14H,8-11H2,(H,22,24). The molecule has 0 radical (unpaired) electrons. The van der Waals surface area contributed by atoms with E-state index in [0.29, 0.717) is 49.4 Å². The molecule has 0 saturated carbocycles. The molecule has 0 aromatic heterocycles. The minimum absolute atomic E-state index is 0.0987. The van der Waals surface area contributed by atoms with Crippen molar-refractivity contribution in [3.8, 4) is 0 Å². The summed E-state index contributed by atoms with van der Waals surface area (Å²) in [7, 11) is -7.35. The van der Waals surface area contributed by atoms with Crippen molar-refractivity contribution in [2.24, 2.45) is 5.92 Å². The van der Waals surface area contributed by atoms with Gasteiger partial charge in [-0.1, -0.05) is 107 Å². The predicted molar refractivity (Wildman–Crippen MR) is 216 cm³/mol. The zero-order chi connectivity index (χ0) is 39.2. The molecule has 4 aromatic carbocycles. The monoisotopic (exact) mass is 862 g/mol. The van der Waals surface area contributed by atoms with E-state index in [1.54, 1.807) is 0 Å². The number of hydrogen-bond acceptors (Lipinski definition) is 6. The van der Waals surface area contributed by atoms with Crippen molar-refractivity contribution >= 4 is 89.6 Å². The summed E-state index contributed by atoms with van der Waals surface area (Å²) in [4.78, 5) is 23.9. The van der Waals surface area contributed by atoms with Crippen LogP contribution in [0, 0.1) is 5.92 Å². The van der Waals surface area contributed by atoms with Gasteiger partial charge in [-0.15, -0.1) is 0 Å². The van der Waals surface area contributed by atoms with Crippen molar-refractivity contribution in [2.75, 3.05) is 36.8 Å². The molecule has 2 amide bonds. The molecule has 4 heterocycles. The molecular weight excluding hydrogens is 826 g/mol. The molecule has 0 aliphatic carbocycles. The summed E-state index contributed by atoms with van der Waals surface area (Å²) in [5.74, 6) is -0.312. The Hall–Kier alpha value is -3.20. The van der Waals surface area contributed by atoms with Crippen LogP contribution in [0.1, 0.15) is 53.9 Å². The molecule has 0 bridgehead atoms. The fourth-order valence-corrected chi connectivity index (χ4v) is 11.3.